The van der Waals surface area contributed by atoms with Gasteiger partial charge in [-0.1, -0.05) is 12.8 Å². The highest BCUT2D eigenvalue weighted by molar-refractivity contribution is 5.96. The zero-order valence-electron chi connectivity index (χ0n) is 28.2. The molecule has 266 valence electrons. The number of unbranched alkanes of at least 4 members (excludes halogenated alkanes) is 3. The van der Waals surface area contributed by atoms with Crippen LogP contribution in [0.15, 0.2) is 24.3 Å². The van der Waals surface area contributed by atoms with E-state index in [4.69, 9.17) is 10.5 Å². The molecular weight excluding hydrogens is 626 g/mol. The maximum atomic E-state index is 13.4. The van der Waals surface area contributed by atoms with Crippen LogP contribution in [0.3, 0.4) is 0 Å². The molecule has 0 saturated carbocycles. The van der Waals surface area contributed by atoms with E-state index in [1.165, 1.54) is 47.9 Å². The lowest BCUT2D eigenvalue weighted by Crippen LogP contribution is -2.55. The van der Waals surface area contributed by atoms with Gasteiger partial charge in [-0.25, -0.2) is 4.79 Å². The lowest BCUT2D eigenvalue weighted by atomic mass is 10.1. The van der Waals surface area contributed by atoms with E-state index in [9.17, 15) is 38.9 Å². The molecule has 0 radical (unpaired) electrons. The summed E-state index contributed by atoms with van der Waals surface area (Å²) in [5, 5.41) is 18.8. The Morgan fingerprint density at radius 1 is 0.958 bits per heavy atom. The van der Waals surface area contributed by atoms with E-state index in [0.717, 1.165) is 25.7 Å². The number of carbonyl (C=O) groups is 6. The highest BCUT2D eigenvalue weighted by atomic mass is 16.6. The lowest BCUT2D eigenvalue weighted by molar-refractivity contribution is -0.384. The first-order chi connectivity index (χ1) is 22.7. The molecule has 16 heteroatoms. The van der Waals surface area contributed by atoms with Crippen molar-refractivity contribution in [3.63, 3.8) is 0 Å². The number of non-ortho nitro benzene ring substituents is 1. The van der Waals surface area contributed by atoms with Gasteiger partial charge in [-0.3, -0.25) is 39.0 Å². The highest BCUT2D eigenvalue weighted by Gasteiger charge is 2.38. The number of Topliss-reactive ketones (excluding diaryl/α,β-unsaturated/α-hetero) is 1. The number of nitrogens with zero attached hydrogens (tertiary/aromatic N) is 3. The monoisotopic (exact) mass is 675 g/mol. The third-order valence-electron chi connectivity index (χ3n) is 7.88. The Hall–Kier alpha value is -4.60. The molecule has 1 aromatic carbocycles. The maximum absolute atomic E-state index is 13.4. The number of hydrogen-bond donors (Lipinski definition) is 4. The van der Waals surface area contributed by atoms with Crippen molar-refractivity contribution < 1.29 is 38.4 Å². The zero-order valence-corrected chi connectivity index (χ0v) is 28.2. The van der Waals surface area contributed by atoms with Crippen LogP contribution in [0.4, 0.5) is 10.5 Å². The average molecular weight is 676 g/mol. The molecule has 1 saturated heterocycles. The van der Waals surface area contributed by atoms with Crippen molar-refractivity contribution >= 4 is 41.2 Å². The molecule has 5 N–H and O–H groups in total. The summed E-state index contributed by atoms with van der Waals surface area (Å²) in [6, 6.07) is 1.71. The normalized spacial score (nSPS) is 15.3. The standard InChI is InChI=1S/C32H49N7O9/c1-21(2)38(32(45)48-25-13-11-24(12-14-25)39(46)47)20-27(40)26-10-9-19-37(26)31(44)23(4)36-30(43)22(3)35-29(42)16-15-28(41)34-18-8-6-5-7-17-33/h11-14,21-23,26H,5-10,15-20,33H2,1-4H3,(H,34,41)(H,35,42)(H,36,43)/t22-,23-,26-/m0/s1. The molecule has 0 spiro atoms. The minimum absolute atomic E-state index is 0.0226. The predicted octanol–water partition coefficient (Wildman–Crippen LogP) is 1.79. The number of ether oxygens (including phenoxy) is 1. The number of hydrogen-bond acceptors (Lipinski definition) is 10. The van der Waals surface area contributed by atoms with Crippen molar-refractivity contribution in [2.45, 2.75) is 103 Å². The number of nitrogens with two attached hydrogens (primary N) is 1. The Morgan fingerprint density at radius 3 is 2.23 bits per heavy atom. The molecule has 0 aliphatic carbocycles. The van der Waals surface area contributed by atoms with Gasteiger partial charge in [-0.2, -0.15) is 0 Å². The Morgan fingerprint density at radius 2 is 1.60 bits per heavy atom. The molecule has 2 rings (SSSR count). The Kier molecular flexibility index (Phi) is 16.4. The quantitative estimate of drug-likeness (QED) is 0.0945. The van der Waals surface area contributed by atoms with Gasteiger partial charge >= 0.3 is 6.09 Å². The van der Waals surface area contributed by atoms with Gasteiger partial charge < -0.3 is 31.3 Å². The van der Waals surface area contributed by atoms with Crippen LogP contribution < -0.4 is 26.4 Å². The number of carbonyl (C=O) groups excluding carboxylic acids is 6. The van der Waals surface area contributed by atoms with Crippen LogP contribution in [0.2, 0.25) is 0 Å². The second kappa shape index (κ2) is 19.9. The first kappa shape index (κ1) is 39.6. The summed E-state index contributed by atoms with van der Waals surface area (Å²) in [6.07, 6.45) is 3.71. The number of nitro groups is 1. The van der Waals surface area contributed by atoms with E-state index in [0.29, 0.717) is 25.9 Å². The fourth-order valence-electron chi connectivity index (χ4n) is 5.09. The number of likely N-dealkylation sites (tertiary alicyclic amines) is 1. The van der Waals surface area contributed by atoms with Gasteiger partial charge in [0, 0.05) is 44.1 Å². The lowest BCUT2D eigenvalue weighted by Gasteiger charge is -2.30. The molecule has 16 nitrogen and oxygen atoms in total. The summed E-state index contributed by atoms with van der Waals surface area (Å²) in [7, 11) is 0. The second-order valence-electron chi connectivity index (χ2n) is 12.1. The van der Waals surface area contributed by atoms with Gasteiger partial charge in [0.1, 0.15) is 17.8 Å². The number of nitro benzene ring substituents is 1. The van der Waals surface area contributed by atoms with Gasteiger partial charge in [0.25, 0.3) is 5.69 Å². The summed E-state index contributed by atoms with van der Waals surface area (Å²) < 4.78 is 5.33. The average Bonchev–Trinajstić information content (AvgIpc) is 3.54. The zero-order chi connectivity index (χ0) is 35.8. The molecule has 0 unspecified atom stereocenters. The van der Waals surface area contributed by atoms with Crippen LogP contribution in [-0.2, 0) is 24.0 Å². The van der Waals surface area contributed by atoms with Crippen molar-refractivity contribution in [1.29, 1.82) is 0 Å². The molecule has 48 heavy (non-hydrogen) atoms. The minimum atomic E-state index is -1.01. The van der Waals surface area contributed by atoms with E-state index < -0.39 is 52.9 Å². The molecule has 1 aliphatic heterocycles. The number of ketones is 1. The minimum Gasteiger partial charge on any atom is -0.410 e. The van der Waals surface area contributed by atoms with Gasteiger partial charge in [0.15, 0.2) is 5.78 Å². The molecule has 3 atom stereocenters. The van der Waals surface area contributed by atoms with Gasteiger partial charge in [0.2, 0.25) is 23.6 Å². The van der Waals surface area contributed by atoms with Gasteiger partial charge in [0.05, 0.1) is 17.5 Å². The largest absolute Gasteiger partial charge is 0.415 e. The van der Waals surface area contributed by atoms with Crippen LogP contribution in [0.1, 0.15) is 79.1 Å². The summed E-state index contributed by atoms with van der Waals surface area (Å²) >= 11 is 0. The predicted molar refractivity (Wildman–Crippen MR) is 176 cm³/mol. The van der Waals surface area contributed by atoms with Crippen LogP contribution in [-0.4, -0.2) is 101 Å². The van der Waals surface area contributed by atoms with Crippen molar-refractivity contribution in [2.75, 3.05) is 26.2 Å². The molecule has 1 aromatic rings. The third-order valence-corrected chi connectivity index (χ3v) is 7.88. The fourth-order valence-corrected chi connectivity index (χ4v) is 5.09. The van der Waals surface area contributed by atoms with E-state index in [1.807, 2.05) is 0 Å². The molecule has 1 aliphatic rings. The SMILES string of the molecule is CC(C)N(CC(=O)[C@@H]1CCCN1C(=O)[C@H](C)NC(=O)[C@H](C)NC(=O)CCC(=O)NCCCCCCN)C(=O)Oc1ccc([N+](=O)[O-])cc1. The fraction of sp³-hybridized carbons (Fsp3) is 0.625. The van der Waals surface area contributed by atoms with Gasteiger partial charge in [-0.05, 0) is 72.1 Å². The molecule has 0 bridgehead atoms. The van der Waals surface area contributed by atoms with Crippen molar-refractivity contribution in [3.8, 4) is 5.75 Å². The van der Waals surface area contributed by atoms with Crippen LogP contribution in [0.5, 0.6) is 5.75 Å². The second-order valence-corrected chi connectivity index (χ2v) is 12.1. The summed E-state index contributed by atoms with van der Waals surface area (Å²) in [5.41, 5.74) is 5.29. The van der Waals surface area contributed by atoms with E-state index in [1.54, 1.807) is 13.8 Å². The Labute approximate surface area is 280 Å². The summed E-state index contributed by atoms with van der Waals surface area (Å²) in [4.78, 5) is 89.6. The van der Waals surface area contributed by atoms with Crippen molar-refractivity contribution in [1.82, 2.24) is 25.8 Å². The van der Waals surface area contributed by atoms with Gasteiger partial charge in [-0.15, -0.1) is 0 Å². The van der Waals surface area contributed by atoms with Crippen LogP contribution >= 0.6 is 0 Å². The third kappa shape index (κ3) is 12.9. The van der Waals surface area contributed by atoms with Crippen molar-refractivity contribution in [2.24, 2.45) is 5.73 Å². The maximum Gasteiger partial charge on any atom is 0.415 e. The van der Waals surface area contributed by atoms with E-state index >= 15 is 0 Å². The first-order valence-electron chi connectivity index (χ1n) is 16.4. The first-order valence-corrected chi connectivity index (χ1v) is 16.4. The van der Waals surface area contributed by atoms with Crippen LogP contribution in [0.25, 0.3) is 0 Å². The van der Waals surface area contributed by atoms with Crippen LogP contribution in [0, 0.1) is 10.1 Å². The summed E-state index contributed by atoms with van der Waals surface area (Å²) in [5.74, 6) is -2.14. The highest BCUT2D eigenvalue weighted by Crippen LogP contribution is 2.22. The van der Waals surface area contributed by atoms with E-state index in [-0.39, 0.29) is 49.1 Å². The number of nitrogens with one attached hydrogen (secondary N) is 3. The topological polar surface area (TPSA) is 223 Å². The summed E-state index contributed by atoms with van der Waals surface area (Å²) in [6.45, 7) is 7.44. The number of amides is 5. The molecular formula is C32H49N7O9. The molecule has 0 aromatic heterocycles. The molecule has 1 heterocycles. The molecule has 5 amide bonds. The number of rotatable bonds is 19. The smallest absolute Gasteiger partial charge is 0.410 e. The molecule has 1 fully saturated rings. The number of benzene rings is 1. The Balaban J connectivity index is 1.85. The van der Waals surface area contributed by atoms with E-state index in [2.05, 4.69) is 16.0 Å². The van der Waals surface area contributed by atoms with Crippen molar-refractivity contribution in [3.05, 3.63) is 34.4 Å². The Bertz CT molecular complexity index is 1290.